The van der Waals surface area contributed by atoms with Gasteiger partial charge in [-0.05, 0) is 32.2 Å². The number of aromatic nitrogens is 1. The first kappa shape index (κ1) is 13.0. The smallest absolute Gasteiger partial charge is 0.107 e. The van der Waals surface area contributed by atoms with Crippen LogP contribution in [0.3, 0.4) is 0 Å². The summed E-state index contributed by atoms with van der Waals surface area (Å²) in [5.41, 5.74) is 7.22. The summed E-state index contributed by atoms with van der Waals surface area (Å²) in [6.07, 6.45) is 3.53. The largest absolute Gasteiger partial charge is 0.328 e. The molecule has 17 heavy (non-hydrogen) atoms. The highest BCUT2D eigenvalue weighted by Crippen LogP contribution is 2.22. The molecule has 96 valence electrons. The minimum absolute atomic E-state index is 0.326. The molecular weight excluding hydrogens is 230 g/mol. The molecule has 1 aromatic heterocycles. The van der Waals surface area contributed by atoms with Crippen molar-refractivity contribution in [1.29, 1.82) is 0 Å². The lowest BCUT2D eigenvalue weighted by atomic mass is 10.0. The highest BCUT2D eigenvalue weighted by molar-refractivity contribution is 7.09. The average Bonchev–Trinajstić information content (AvgIpc) is 2.89. The van der Waals surface area contributed by atoms with E-state index in [1.807, 2.05) is 0 Å². The Bertz CT molecular complexity index is 348. The van der Waals surface area contributed by atoms with Gasteiger partial charge in [0.05, 0.1) is 12.2 Å². The molecule has 0 bridgehead atoms. The molecule has 0 aromatic carbocycles. The number of aryl methyl sites for hydroxylation is 1. The zero-order valence-electron chi connectivity index (χ0n) is 10.9. The number of hydrogen-bond donors (Lipinski definition) is 1. The summed E-state index contributed by atoms with van der Waals surface area (Å²) in [7, 11) is 0. The van der Waals surface area contributed by atoms with Crippen molar-refractivity contribution in [3.63, 3.8) is 0 Å². The minimum Gasteiger partial charge on any atom is -0.328 e. The van der Waals surface area contributed by atoms with Crippen molar-refractivity contribution in [2.75, 3.05) is 13.1 Å². The lowest BCUT2D eigenvalue weighted by Gasteiger charge is -2.16. The Morgan fingerprint density at radius 3 is 3.12 bits per heavy atom. The lowest BCUT2D eigenvalue weighted by molar-refractivity contribution is 0.308. The van der Waals surface area contributed by atoms with Crippen molar-refractivity contribution >= 4 is 11.3 Å². The minimum atomic E-state index is 0.326. The monoisotopic (exact) mass is 253 g/mol. The summed E-state index contributed by atoms with van der Waals surface area (Å²) in [5, 5.41) is 3.47. The molecule has 2 unspecified atom stereocenters. The van der Waals surface area contributed by atoms with Crippen molar-refractivity contribution in [2.45, 2.75) is 45.7 Å². The summed E-state index contributed by atoms with van der Waals surface area (Å²) in [6, 6.07) is 0.326. The molecule has 0 spiro atoms. The van der Waals surface area contributed by atoms with E-state index in [9.17, 15) is 0 Å². The molecule has 3 nitrogen and oxygen atoms in total. The zero-order chi connectivity index (χ0) is 12.3. The quantitative estimate of drug-likeness (QED) is 0.875. The van der Waals surface area contributed by atoms with E-state index in [0.29, 0.717) is 12.0 Å². The van der Waals surface area contributed by atoms with Gasteiger partial charge in [-0.15, -0.1) is 11.3 Å². The third-order valence-electron chi connectivity index (χ3n) is 3.52. The van der Waals surface area contributed by atoms with Gasteiger partial charge in [0.1, 0.15) is 5.01 Å². The zero-order valence-corrected chi connectivity index (χ0v) is 11.7. The summed E-state index contributed by atoms with van der Waals surface area (Å²) in [6.45, 7) is 7.65. The Balaban J connectivity index is 1.84. The van der Waals surface area contributed by atoms with E-state index in [0.717, 1.165) is 19.5 Å². The van der Waals surface area contributed by atoms with Crippen LogP contribution in [-0.2, 0) is 13.0 Å². The first-order valence-corrected chi connectivity index (χ1v) is 7.48. The summed E-state index contributed by atoms with van der Waals surface area (Å²) < 4.78 is 0. The Hall–Kier alpha value is -0.450. The van der Waals surface area contributed by atoms with Crippen LogP contribution in [0.15, 0.2) is 5.38 Å². The Morgan fingerprint density at radius 2 is 2.47 bits per heavy atom. The van der Waals surface area contributed by atoms with Gasteiger partial charge in [0, 0.05) is 18.0 Å². The molecular formula is C13H23N3S. The van der Waals surface area contributed by atoms with Crippen LogP contribution in [0.4, 0.5) is 0 Å². The van der Waals surface area contributed by atoms with Crippen LogP contribution in [-0.4, -0.2) is 29.0 Å². The second-order valence-corrected chi connectivity index (χ2v) is 6.07. The molecule has 2 rings (SSSR count). The van der Waals surface area contributed by atoms with Crippen molar-refractivity contribution in [3.8, 4) is 0 Å². The van der Waals surface area contributed by atoms with Gasteiger partial charge in [-0.2, -0.15) is 0 Å². The van der Waals surface area contributed by atoms with Crippen molar-refractivity contribution in [1.82, 2.24) is 9.88 Å². The molecule has 0 radical (unpaired) electrons. The summed E-state index contributed by atoms with van der Waals surface area (Å²) >= 11 is 1.80. The van der Waals surface area contributed by atoms with Gasteiger partial charge in [-0.1, -0.05) is 13.3 Å². The van der Waals surface area contributed by atoms with E-state index >= 15 is 0 Å². The average molecular weight is 253 g/mol. The maximum absolute atomic E-state index is 5.96. The fourth-order valence-corrected chi connectivity index (χ4v) is 3.29. The van der Waals surface area contributed by atoms with Crippen LogP contribution in [0.5, 0.6) is 0 Å². The number of nitrogens with zero attached hydrogens (tertiary/aromatic N) is 2. The van der Waals surface area contributed by atoms with E-state index in [-0.39, 0.29) is 0 Å². The van der Waals surface area contributed by atoms with Crippen molar-refractivity contribution in [2.24, 2.45) is 11.7 Å². The van der Waals surface area contributed by atoms with E-state index in [4.69, 9.17) is 5.73 Å². The molecule has 1 saturated heterocycles. The number of hydrogen-bond acceptors (Lipinski definition) is 4. The molecule has 0 amide bonds. The van der Waals surface area contributed by atoms with Gasteiger partial charge in [-0.3, -0.25) is 4.90 Å². The molecule has 2 heterocycles. The fourth-order valence-electron chi connectivity index (χ4n) is 2.42. The molecule has 2 atom stereocenters. The predicted octanol–water partition coefficient (Wildman–Crippen LogP) is 2.26. The standard InChI is InChI=1S/C13H23N3S/c1-3-4-12-9-17-13(15-12)8-16-6-5-11(7-16)10(2)14/h9-11H,3-8,14H2,1-2H3. The third kappa shape index (κ3) is 3.50. The molecule has 1 aliphatic rings. The third-order valence-corrected chi connectivity index (χ3v) is 4.40. The maximum atomic E-state index is 5.96. The van der Waals surface area contributed by atoms with E-state index in [1.54, 1.807) is 11.3 Å². The Labute approximate surface area is 108 Å². The highest BCUT2D eigenvalue weighted by Gasteiger charge is 2.25. The topological polar surface area (TPSA) is 42.1 Å². The molecule has 4 heteroatoms. The maximum Gasteiger partial charge on any atom is 0.107 e. The van der Waals surface area contributed by atoms with E-state index in [1.165, 1.54) is 30.1 Å². The first-order valence-electron chi connectivity index (χ1n) is 6.60. The summed E-state index contributed by atoms with van der Waals surface area (Å²) in [4.78, 5) is 7.17. The molecule has 1 fully saturated rings. The first-order chi connectivity index (χ1) is 8.19. The van der Waals surface area contributed by atoms with Crippen LogP contribution < -0.4 is 5.73 Å². The SMILES string of the molecule is CCCc1csc(CN2CCC(C(C)N)C2)n1. The number of thiazole rings is 1. The molecule has 1 aliphatic heterocycles. The lowest BCUT2D eigenvalue weighted by Crippen LogP contribution is -2.29. The van der Waals surface area contributed by atoms with Gasteiger partial charge in [0.25, 0.3) is 0 Å². The van der Waals surface area contributed by atoms with E-state index in [2.05, 4.69) is 29.1 Å². The van der Waals surface area contributed by atoms with Gasteiger partial charge >= 0.3 is 0 Å². The normalized spacial score (nSPS) is 23.1. The van der Waals surface area contributed by atoms with Crippen LogP contribution in [0.25, 0.3) is 0 Å². The van der Waals surface area contributed by atoms with Crippen LogP contribution >= 0.6 is 11.3 Å². The predicted molar refractivity (Wildman–Crippen MR) is 73.1 cm³/mol. The van der Waals surface area contributed by atoms with Crippen LogP contribution in [0.1, 0.15) is 37.4 Å². The van der Waals surface area contributed by atoms with Gasteiger partial charge in [0.15, 0.2) is 0 Å². The molecule has 1 aromatic rings. The number of likely N-dealkylation sites (tertiary alicyclic amines) is 1. The highest BCUT2D eigenvalue weighted by atomic mass is 32.1. The van der Waals surface area contributed by atoms with Gasteiger partial charge < -0.3 is 5.73 Å². The Kier molecular flexibility index (Phi) is 4.54. The second-order valence-electron chi connectivity index (χ2n) is 5.13. The van der Waals surface area contributed by atoms with Crippen molar-refractivity contribution < 1.29 is 0 Å². The fraction of sp³-hybridized carbons (Fsp3) is 0.769. The van der Waals surface area contributed by atoms with Gasteiger partial charge in [-0.25, -0.2) is 4.98 Å². The van der Waals surface area contributed by atoms with E-state index < -0.39 is 0 Å². The Morgan fingerprint density at radius 1 is 1.65 bits per heavy atom. The molecule has 0 aliphatic carbocycles. The molecule has 2 N–H and O–H groups in total. The van der Waals surface area contributed by atoms with Crippen LogP contribution in [0.2, 0.25) is 0 Å². The van der Waals surface area contributed by atoms with Crippen molar-refractivity contribution in [3.05, 3.63) is 16.1 Å². The number of nitrogens with two attached hydrogens (primary N) is 1. The second kappa shape index (κ2) is 5.94. The number of rotatable bonds is 5. The molecule has 0 saturated carbocycles. The van der Waals surface area contributed by atoms with Crippen LogP contribution in [0, 0.1) is 5.92 Å². The van der Waals surface area contributed by atoms with Gasteiger partial charge in [0.2, 0.25) is 0 Å². The summed E-state index contributed by atoms with van der Waals surface area (Å²) in [5.74, 6) is 0.671.